The largest absolute Gasteiger partial charge is 0.193 e. The highest BCUT2D eigenvalue weighted by molar-refractivity contribution is 5.67. The van der Waals surface area contributed by atoms with E-state index >= 15 is 0 Å². The molecule has 0 amide bonds. The minimum atomic E-state index is 1.04. The molecule has 0 fully saturated rings. The molecule has 1 heteroatoms. The maximum absolute atomic E-state index is 8.40. The molecule has 0 aliphatic heterocycles. The summed E-state index contributed by atoms with van der Waals surface area (Å²) in [4.78, 5) is 0. The van der Waals surface area contributed by atoms with Gasteiger partial charge in [0.15, 0.2) is 0 Å². The molecule has 0 radical (unpaired) electrons. The quantitative estimate of drug-likeness (QED) is 0.624. The molecular formula is C12H11N. The maximum atomic E-state index is 8.40. The van der Waals surface area contributed by atoms with Gasteiger partial charge in [-0.15, -0.1) is 0 Å². The highest BCUT2D eigenvalue weighted by atomic mass is 14.2. The van der Waals surface area contributed by atoms with Gasteiger partial charge in [-0.1, -0.05) is 30.9 Å². The van der Waals surface area contributed by atoms with Crippen molar-refractivity contribution in [3.05, 3.63) is 47.5 Å². The van der Waals surface area contributed by atoms with Crippen molar-refractivity contribution in [3.63, 3.8) is 0 Å². The van der Waals surface area contributed by atoms with Crippen LogP contribution in [-0.2, 0) is 0 Å². The third-order valence-corrected chi connectivity index (χ3v) is 1.90. The summed E-state index contributed by atoms with van der Waals surface area (Å²) < 4.78 is 0. The molecule has 1 aromatic rings. The molecular weight excluding hydrogens is 158 g/mol. The Morgan fingerprint density at radius 2 is 2.23 bits per heavy atom. The molecule has 0 aliphatic rings. The number of rotatable bonds is 2. The summed E-state index contributed by atoms with van der Waals surface area (Å²) in [5.74, 6) is 0. The first-order valence-electron chi connectivity index (χ1n) is 4.08. The van der Waals surface area contributed by atoms with Crippen molar-refractivity contribution in [1.82, 2.24) is 0 Å². The molecule has 1 aromatic carbocycles. The normalized spacial score (nSPS) is 9.85. The molecule has 0 bridgehead atoms. The fourth-order valence-electron chi connectivity index (χ4n) is 1.25. The summed E-state index contributed by atoms with van der Waals surface area (Å²) in [6, 6.07) is 7.94. The zero-order valence-corrected chi connectivity index (χ0v) is 7.62. The second-order valence-electron chi connectivity index (χ2n) is 2.74. The van der Waals surface area contributed by atoms with Crippen LogP contribution in [0, 0.1) is 18.3 Å². The molecule has 0 saturated heterocycles. The van der Waals surface area contributed by atoms with E-state index in [-0.39, 0.29) is 0 Å². The Morgan fingerprint density at radius 3 is 2.85 bits per heavy atom. The van der Waals surface area contributed by atoms with Crippen molar-refractivity contribution in [2.24, 2.45) is 0 Å². The number of nitriles is 1. The highest BCUT2D eigenvalue weighted by Crippen LogP contribution is 2.16. The van der Waals surface area contributed by atoms with E-state index in [1.165, 1.54) is 11.6 Å². The van der Waals surface area contributed by atoms with Crippen LogP contribution in [0.15, 0.2) is 30.9 Å². The number of benzene rings is 1. The van der Waals surface area contributed by atoms with Gasteiger partial charge in [-0.2, -0.15) is 5.26 Å². The predicted molar refractivity (Wildman–Crippen MR) is 55.9 cm³/mol. The Labute approximate surface area is 78.6 Å². The molecule has 0 unspecified atom stereocenters. The summed E-state index contributed by atoms with van der Waals surface area (Å²) in [6.45, 7) is 5.77. The first-order chi connectivity index (χ1) is 6.29. The van der Waals surface area contributed by atoms with Gasteiger partial charge in [-0.05, 0) is 29.7 Å². The van der Waals surface area contributed by atoms with Gasteiger partial charge in [0, 0.05) is 6.08 Å². The minimum absolute atomic E-state index is 1.04. The third kappa shape index (κ3) is 2.07. The van der Waals surface area contributed by atoms with Crippen molar-refractivity contribution in [3.8, 4) is 6.07 Å². The van der Waals surface area contributed by atoms with Crippen molar-refractivity contribution >= 4 is 12.2 Å². The van der Waals surface area contributed by atoms with Gasteiger partial charge < -0.3 is 0 Å². The van der Waals surface area contributed by atoms with E-state index in [1.54, 1.807) is 6.08 Å². The van der Waals surface area contributed by atoms with Crippen LogP contribution >= 0.6 is 0 Å². The maximum Gasteiger partial charge on any atom is 0.0912 e. The van der Waals surface area contributed by atoms with Crippen LogP contribution in [0.2, 0.25) is 0 Å². The van der Waals surface area contributed by atoms with Gasteiger partial charge in [0.05, 0.1) is 6.07 Å². The fourth-order valence-corrected chi connectivity index (χ4v) is 1.25. The minimum Gasteiger partial charge on any atom is -0.193 e. The van der Waals surface area contributed by atoms with Crippen LogP contribution in [-0.4, -0.2) is 0 Å². The average molecular weight is 169 g/mol. The first kappa shape index (κ1) is 9.28. The summed E-state index contributed by atoms with van der Waals surface area (Å²) in [7, 11) is 0. The van der Waals surface area contributed by atoms with Crippen LogP contribution in [0.1, 0.15) is 16.7 Å². The second kappa shape index (κ2) is 4.27. The van der Waals surface area contributed by atoms with Crippen LogP contribution in [0.3, 0.4) is 0 Å². The van der Waals surface area contributed by atoms with E-state index in [4.69, 9.17) is 5.26 Å². The number of hydrogen-bond donors (Lipinski definition) is 0. The van der Waals surface area contributed by atoms with Gasteiger partial charge in [-0.3, -0.25) is 0 Å². The second-order valence-corrected chi connectivity index (χ2v) is 2.74. The Morgan fingerprint density at radius 1 is 1.46 bits per heavy atom. The van der Waals surface area contributed by atoms with Gasteiger partial charge in [-0.25, -0.2) is 0 Å². The summed E-state index contributed by atoms with van der Waals surface area (Å²) in [6.07, 6.45) is 5.08. The van der Waals surface area contributed by atoms with E-state index in [1.807, 2.05) is 37.3 Å². The van der Waals surface area contributed by atoms with E-state index in [0.717, 1.165) is 11.1 Å². The lowest BCUT2D eigenvalue weighted by Gasteiger charge is -2.03. The monoisotopic (exact) mass is 169 g/mol. The van der Waals surface area contributed by atoms with Crippen molar-refractivity contribution in [1.29, 1.82) is 5.26 Å². The van der Waals surface area contributed by atoms with E-state index in [2.05, 4.69) is 6.58 Å². The highest BCUT2D eigenvalue weighted by Gasteiger charge is 1.97. The Bertz CT molecular complexity index is 381. The Balaban J connectivity index is 3.22. The third-order valence-electron chi connectivity index (χ3n) is 1.90. The van der Waals surface area contributed by atoms with Crippen LogP contribution in [0.4, 0.5) is 0 Å². The molecule has 0 aliphatic carbocycles. The molecule has 0 aromatic heterocycles. The zero-order valence-electron chi connectivity index (χ0n) is 7.62. The molecule has 1 nitrogen and oxygen atoms in total. The SMILES string of the molecule is C=Cc1c(C)cccc1C=CC#N. The molecule has 0 saturated carbocycles. The topological polar surface area (TPSA) is 23.8 Å². The van der Waals surface area contributed by atoms with Crippen molar-refractivity contribution < 1.29 is 0 Å². The lowest BCUT2D eigenvalue weighted by atomic mass is 10.0. The van der Waals surface area contributed by atoms with E-state index in [9.17, 15) is 0 Å². The van der Waals surface area contributed by atoms with E-state index in [0.29, 0.717) is 0 Å². The molecule has 64 valence electrons. The number of aryl methyl sites for hydroxylation is 1. The van der Waals surface area contributed by atoms with Crippen molar-refractivity contribution in [2.75, 3.05) is 0 Å². The van der Waals surface area contributed by atoms with Gasteiger partial charge in [0.2, 0.25) is 0 Å². The lowest BCUT2D eigenvalue weighted by molar-refractivity contribution is 1.43. The van der Waals surface area contributed by atoms with Gasteiger partial charge >= 0.3 is 0 Å². The van der Waals surface area contributed by atoms with Crippen LogP contribution in [0.5, 0.6) is 0 Å². The number of allylic oxidation sites excluding steroid dienone is 1. The smallest absolute Gasteiger partial charge is 0.0912 e. The number of hydrogen-bond acceptors (Lipinski definition) is 1. The molecule has 0 atom stereocenters. The first-order valence-corrected chi connectivity index (χ1v) is 4.08. The summed E-state index contributed by atoms with van der Waals surface area (Å²) in [5.41, 5.74) is 3.31. The van der Waals surface area contributed by atoms with E-state index < -0.39 is 0 Å². The van der Waals surface area contributed by atoms with Gasteiger partial charge in [0.1, 0.15) is 0 Å². The van der Waals surface area contributed by atoms with Crippen molar-refractivity contribution in [2.45, 2.75) is 6.92 Å². The number of nitrogens with zero attached hydrogens (tertiary/aromatic N) is 1. The lowest BCUT2D eigenvalue weighted by Crippen LogP contribution is -1.84. The molecule has 0 spiro atoms. The Kier molecular flexibility index (Phi) is 3.05. The predicted octanol–water partition coefficient (Wildman–Crippen LogP) is 3.17. The van der Waals surface area contributed by atoms with Crippen LogP contribution < -0.4 is 0 Å². The molecule has 1 rings (SSSR count). The van der Waals surface area contributed by atoms with Gasteiger partial charge in [0.25, 0.3) is 0 Å². The molecule has 0 heterocycles. The zero-order chi connectivity index (χ0) is 9.68. The molecule has 0 N–H and O–H groups in total. The molecule has 13 heavy (non-hydrogen) atoms. The standard InChI is InChI=1S/C12H11N/c1-3-12-10(2)6-4-7-11(12)8-5-9-13/h3-8H,1H2,2H3. The Hall–Kier alpha value is -1.81. The summed E-state index contributed by atoms with van der Waals surface area (Å²) in [5, 5.41) is 8.40. The summed E-state index contributed by atoms with van der Waals surface area (Å²) >= 11 is 0. The van der Waals surface area contributed by atoms with Crippen LogP contribution in [0.25, 0.3) is 12.2 Å². The fraction of sp³-hybridized carbons (Fsp3) is 0.0833. The average Bonchev–Trinajstić information content (AvgIpc) is 2.15.